The number of nitrogens with zero attached hydrogens (tertiary/aromatic N) is 2. The van der Waals surface area contributed by atoms with Gasteiger partial charge < -0.3 is 14.5 Å². The van der Waals surface area contributed by atoms with Gasteiger partial charge in [0.05, 0.1) is 5.75 Å². The van der Waals surface area contributed by atoms with Crippen molar-refractivity contribution in [3.63, 3.8) is 0 Å². The maximum atomic E-state index is 13.8. The molecule has 0 bridgehead atoms. The van der Waals surface area contributed by atoms with Gasteiger partial charge in [-0.2, -0.15) is 0 Å². The lowest BCUT2D eigenvalue weighted by molar-refractivity contribution is 0.0473. The second-order valence-electron chi connectivity index (χ2n) is 7.77. The van der Waals surface area contributed by atoms with Crippen molar-refractivity contribution in [3.8, 4) is 0 Å². The quantitative estimate of drug-likeness (QED) is 0.715. The molecule has 0 aliphatic heterocycles. The molecule has 0 aliphatic rings. The van der Waals surface area contributed by atoms with E-state index in [2.05, 4.69) is 15.5 Å². The van der Waals surface area contributed by atoms with Crippen LogP contribution in [-0.4, -0.2) is 30.3 Å². The number of alkyl carbamates (subject to hydrolysis) is 1. The third-order valence-electron chi connectivity index (χ3n) is 4.14. The standard InChI is InChI=1S/C19H26FN3O5S/c1-6-12(2)15(21-17(24)28-19(3,4)5)16-22-23-18(27-16)29(25,26)11-13-9-7-8-10-14(13)20/h7-10,12,15H,6,11H2,1-5H3,(H,21,24)/t12-,15-/m1/s1. The summed E-state index contributed by atoms with van der Waals surface area (Å²) in [5.41, 5.74) is -0.703. The average molecular weight is 427 g/mol. The molecule has 10 heteroatoms. The fraction of sp³-hybridized carbons (Fsp3) is 0.526. The molecule has 0 saturated carbocycles. The van der Waals surface area contributed by atoms with Gasteiger partial charge in [-0.05, 0) is 32.8 Å². The monoisotopic (exact) mass is 427 g/mol. The summed E-state index contributed by atoms with van der Waals surface area (Å²) in [6.45, 7) is 8.93. The minimum Gasteiger partial charge on any atom is -0.444 e. The number of benzene rings is 1. The Hall–Kier alpha value is -2.49. The molecule has 1 heterocycles. The summed E-state index contributed by atoms with van der Waals surface area (Å²) in [7, 11) is -4.06. The number of amides is 1. The van der Waals surface area contributed by atoms with Crippen molar-refractivity contribution in [2.75, 3.05) is 0 Å². The van der Waals surface area contributed by atoms with Gasteiger partial charge in [0.1, 0.15) is 17.5 Å². The molecule has 0 saturated heterocycles. The lowest BCUT2D eigenvalue weighted by atomic mass is 9.99. The highest BCUT2D eigenvalue weighted by Gasteiger charge is 2.31. The van der Waals surface area contributed by atoms with Crippen LogP contribution in [0.2, 0.25) is 0 Å². The normalized spacial score (nSPS) is 14.3. The molecule has 0 radical (unpaired) electrons. The van der Waals surface area contributed by atoms with Gasteiger partial charge in [0.2, 0.25) is 15.7 Å². The van der Waals surface area contributed by atoms with Crippen molar-refractivity contribution in [3.05, 3.63) is 41.5 Å². The van der Waals surface area contributed by atoms with Crippen LogP contribution >= 0.6 is 0 Å². The predicted octanol–water partition coefficient (Wildman–Crippen LogP) is 3.79. The molecule has 2 aromatic rings. The van der Waals surface area contributed by atoms with Crippen molar-refractivity contribution in [2.45, 2.75) is 63.7 Å². The highest BCUT2D eigenvalue weighted by Crippen LogP contribution is 2.26. The molecule has 0 unspecified atom stereocenters. The van der Waals surface area contributed by atoms with E-state index in [9.17, 15) is 17.6 Å². The molecule has 8 nitrogen and oxygen atoms in total. The van der Waals surface area contributed by atoms with Crippen LogP contribution in [0.15, 0.2) is 33.9 Å². The fourth-order valence-electron chi connectivity index (χ4n) is 2.47. The van der Waals surface area contributed by atoms with Crippen LogP contribution < -0.4 is 5.32 Å². The highest BCUT2D eigenvalue weighted by atomic mass is 32.2. The Morgan fingerprint density at radius 1 is 1.28 bits per heavy atom. The lowest BCUT2D eigenvalue weighted by Crippen LogP contribution is -2.37. The number of aromatic nitrogens is 2. The Balaban J connectivity index is 2.25. The van der Waals surface area contributed by atoms with Crippen molar-refractivity contribution in [2.24, 2.45) is 5.92 Å². The minimum absolute atomic E-state index is 0.00222. The van der Waals surface area contributed by atoms with Crippen LogP contribution in [-0.2, 0) is 20.3 Å². The summed E-state index contributed by atoms with van der Waals surface area (Å²) in [6, 6.07) is 4.82. The summed E-state index contributed by atoms with van der Waals surface area (Å²) >= 11 is 0. The van der Waals surface area contributed by atoms with Gasteiger partial charge in [-0.25, -0.2) is 17.6 Å². The van der Waals surface area contributed by atoms with Gasteiger partial charge >= 0.3 is 11.3 Å². The zero-order valence-electron chi connectivity index (χ0n) is 17.1. The Labute approximate surface area is 169 Å². The van der Waals surface area contributed by atoms with E-state index in [0.29, 0.717) is 6.42 Å². The largest absolute Gasteiger partial charge is 0.444 e. The number of halogens is 1. The number of sulfone groups is 1. The maximum absolute atomic E-state index is 13.8. The number of carbonyl (C=O) groups excluding carboxylic acids is 1. The third kappa shape index (κ3) is 6.25. The number of carbonyl (C=O) groups is 1. The molecule has 0 fully saturated rings. The maximum Gasteiger partial charge on any atom is 0.408 e. The van der Waals surface area contributed by atoms with Crippen LogP contribution in [0.3, 0.4) is 0 Å². The lowest BCUT2D eigenvalue weighted by Gasteiger charge is -2.24. The zero-order valence-corrected chi connectivity index (χ0v) is 17.9. The molecule has 0 spiro atoms. The van der Waals surface area contributed by atoms with E-state index in [1.54, 1.807) is 20.8 Å². The summed E-state index contributed by atoms with van der Waals surface area (Å²) in [5.74, 6) is -1.45. The van der Waals surface area contributed by atoms with E-state index in [-0.39, 0.29) is 17.4 Å². The molecule has 1 N–H and O–H groups in total. The van der Waals surface area contributed by atoms with Crippen molar-refractivity contribution in [1.82, 2.24) is 15.5 Å². The van der Waals surface area contributed by atoms with Crippen molar-refractivity contribution < 1.29 is 26.8 Å². The first-order valence-corrected chi connectivity index (χ1v) is 10.9. The molecule has 160 valence electrons. The Bertz CT molecular complexity index is 953. The number of hydrogen-bond acceptors (Lipinski definition) is 7. The summed E-state index contributed by atoms with van der Waals surface area (Å²) in [5, 5.41) is 9.44. The van der Waals surface area contributed by atoms with Crippen molar-refractivity contribution >= 4 is 15.9 Å². The van der Waals surface area contributed by atoms with Gasteiger partial charge in [-0.3, -0.25) is 0 Å². The summed E-state index contributed by atoms with van der Waals surface area (Å²) < 4.78 is 49.6. The van der Waals surface area contributed by atoms with E-state index < -0.39 is 44.4 Å². The Kier molecular flexibility index (Phi) is 6.99. The zero-order chi connectivity index (χ0) is 21.8. The Morgan fingerprint density at radius 3 is 2.52 bits per heavy atom. The number of ether oxygens (including phenoxy) is 1. The highest BCUT2D eigenvalue weighted by molar-refractivity contribution is 7.90. The molecule has 1 aromatic heterocycles. The fourth-order valence-corrected chi connectivity index (χ4v) is 3.62. The number of nitrogens with one attached hydrogen (secondary N) is 1. The first-order valence-electron chi connectivity index (χ1n) is 9.22. The van der Waals surface area contributed by atoms with Crippen molar-refractivity contribution in [1.29, 1.82) is 0 Å². The van der Waals surface area contributed by atoms with Crippen LogP contribution in [0, 0.1) is 11.7 Å². The van der Waals surface area contributed by atoms with E-state index in [4.69, 9.17) is 9.15 Å². The molecule has 29 heavy (non-hydrogen) atoms. The predicted molar refractivity (Wildman–Crippen MR) is 103 cm³/mol. The first kappa shape index (κ1) is 22.8. The van der Waals surface area contributed by atoms with E-state index in [0.717, 1.165) is 0 Å². The molecule has 2 atom stereocenters. The van der Waals surface area contributed by atoms with E-state index >= 15 is 0 Å². The van der Waals surface area contributed by atoms with E-state index in [1.165, 1.54) is 24.3 Å². The molecule has 2 rings (SSSR count). The van der Waals surface area contributed by atoms with Gasteiger partial charge in [0, 0.05) is 5.56 Å². The molecular weight excluding hydrogens is 401 g/mol. The number of rotatable bonds is 7. The van der Waals surface area contributed by atoms with Crippen LogP contribution in [0.5, 0.6) is 0 Å². The Morgan fingerprint density at radius 2 is 1.93 bits per heavy atom. The molecular formula is C19H26FN3O5S. The van der Waals surface area contributed by atoms with Gasteiger partial charge in [0.15, 0.2) is 0 Å². The second kappa shape index (κ2) is 8.89. The smallest absolute Gasteiger partial charge is 0.408 e. The average Bonchev–Trinajstić information content (AvgIpc) is 3.10. The van der Waals surface area contributed by atoms with Crippen LogP contribution in [0.4, 0.5) is 9.18 Å². The molecule has 0 aliphatic carbocycles. The van der Waals surface area contributed by atoms with E-state index in [1.807, 2.05) is 13.8 Å². The molecule has 1 amide bonds. The van der Waals surface area contributed by atoms with Gasteiger partial charge in [-0.15, -0.1) is 5.10 Å². The van der Waals surface area contributed by atoms with Crippen LogP contribution in [0.25, 0.3) is 0 Å². The van der Waals surface area contributed by atoms with Gasteiger partial charge in [-0.1, -0.05) is 43.6 Å². The molecule has 1 aromatic carbocycles. The minimum atomic E-state index is -4.06. The summed E-state index contributed by atoms with van der Waals surface area (Å²) in [4.78, 5) is 12.2. The topological polar surface area (TPSA) is 111 Å². The van der Waals surface area contributed by atoms with Crippen LogP contribution in [0.1, 0.15) is 58.5 Å². The third-order valence-corrected chi connectivity index (χ3v) is 5.53. The second-order valence-corrected chi connectivity index (χ2v) is 9.63. The number of hydrogen-bond donors (Lipinski definition) is 1. The van der Waals surface area contributed by atoms with Gasteiger partial charge in [0.25, 0.3) is 0 Å². The summed E-state index contributed by atoms with van der Waals surface area (Å²) in [6.07, 6.45) is -0.0306. The SMILES string of the molecule is CC[C@@H](C)[C@@H](NC(=O)OC(C)(C)C)c1nnc(S(=O)(=O)Cc2ccccc2F)o1. The first-order chi connectivity index (χ1) is 13.4.